The summed E-state index contributed by atoms with van der Waals surface area (Å²) in [6.07, 6.45) is 1.86. The van der Waals surface area contributed by atoms with Crippen LogP contribution in [0.4, 0.5) is 0 Å². The largest absolute Gasteiger partial charge is 0.497 e. The zero-order valence-electron chi connectivity index (χ0n) is 19.0. The molecular weight excluding hydrogens is 416 g/mol. The summed E-state index contributed by atoms with van der Waals surface area (Å²) in [5.41, 5.74) is 3.02. The Kier molecular flexibility index (Phi) is 6.99. The molecule has 4 aromatic rings. The molecule has 0 fully saturated rings. The number of hydrogen-bond donors (Lipinski definition) is 3. The number of aliphatic imine (C=N–C) groups is 1. The number of methoxy groups -OCH3 is 1. The standard InChI is InChI=1S/C24H28N8O/c1-4-25-24(32(2)16-22-26-14-20(28-22)17-8-6-5-7-9-17)27-15-21-29-23(31-30-21)18-10-12-19(33-3)13-11-18/h5-14H,4,15-16H2,1-3H3,(H,25,27)(H,26,28)(H,29,30,31). The van der Waals surface area contributed by atoms with Crippen LogP contribution < -0.4 is 10.1 Å². The smallest absolute Gasteiger partial charge is 0.194 e. The predicted octanol–water partition coefficient (Wildman–Crippen LogP) is 3.47. The van der Waals surface area contributed by atoms with Crippen molar-refractivity contribution in [1.29, 1.82) is 0 Å². The van der Waals surface area contributed by atoms with E-state index in [-0.39, 0.29) is 0 Å². The molecule has 0 aliphatic rings. The third kappa shape index (κ3) is 5.57. The number of H-pyrrole nitrogens is 2. The fourth-order valence-corrected chi connectivity index (χ4v) is 3.36. The number of nitrogens with one attached hydrogen (secondary N) is 3. The second-order valence-electron chi connectivity index (χ2n) is 7.47. The molecular formula is C24H28N8O. The van der Waals surface area contributed by atoms with Gasteiger partial charge in [0.2, 0.25) is 0 Å². The van der Waals surface area contributed by atoms with Crippen LogP contribution in [0.15, 0.2) is 65.8 Å². The van der Waals surface area contributed by atoms with Crippen molar-refractivity contribution < 1.29 is 4.74 Å². The summed E-state index contributed by atoms with van der Waals surface area (Å²) in [6, 6.07) is 17.8. The minimum Gasteiger partial charge on any atom is -0.497 e. The highest BCUT2D eigenvalue weighted by molar-refractivity contribution is 5.79. The number of guanidine groups is 1. The average Bonchev–Trinajstić information content (AvgIpc) is 3.52. The summed E-state index contributed by atoms with van der Waals surface area (Å²) in [4.78, 5) is 19.2. The van der Waals surface area contributed by atoms with Crippen molar-refractivity contribution in [2.24, 2.45) is 4.99 Å². The van der Waals surface area contributed by atoms with Crippen LogP contribution >= 0.6 is 0 Å². The van der Waals surface area contributed by atoms with Crippen molar-refractivity contribution in [1.82, 2.24) is 35.4 Å². The van der Waals surface area contributed by atoms with Gasteiger partial charge < -0.3 is 19.9 Å². The molecule has 0 atom stereocenters. The lowest BCUT2D eigenvalue weighted by atomic mass is 10.2. The molecule has 2 heterocycles. The lowest BCUT2D eigenvalue weighted by Crippen LogP contribution is -2.38. The summed E-state index contributed by atoms with van der Waals surface area (Å²) >= 11 is 0. The lowest BCUT2D eigenvalue weighted by molar-refractivity contribution is 0.415. The maximum Gasteiger partial charge on any atom is 0.194 e. The SMILES string of the molecule is CCNC(=NCc1nc(-c2ccc(OC)cc2)n[nH]1)N(C)Cc1ncc(-c2ccccc2)[nH]1. The van der Waals surface area contributed by atoms with Gasteiger partial charge in [0.05, 0.1) is 25.5 Å². The molecule has 9 heteroatoms. The van der Waals surface area contributed by atoms with Crippen LogP contribution in [-0.4, -0.2) is 56.7 Å². The Morgan fingerprint density at radius 3 is 2.58 bits per heavy atom. The van der Waals surface area contributed by atoms with Gasteiger partial charge >= 0.3 is 0 Å². The van der Waals surface area contributed by atoms with Crippen LogP contribution in [0.25, 0.3) is 22.6 Å². The number of nitrogens with zero attached hydrogens (tertiary/aromatic N) is 5. The molecule has 0 bridgehead atoms. The summed E-state index contributed by atoms with van der Waals surface area (Å²) in [6.45, 7) is 3.76. The van der Waals surface area contributed by atoms with Gasteiger partial charge in [0.25, 0.3) is 0 Å². The van der Waals surface area contributed by atoms with Crippen LogP contribution in [0.5, 0.6) is 5.75 Å². The summed E-state index contributed by atoms with van der Waals surface area (Å²) < 4.78 is 5.20. The molecule has 33 heavy (non-hydrogen) atoms. The first-order chi connectivity index (χ1) is 16.2. The molecule has 170 valence electrons. The minimum absolute atomic E-state index is 0.378. The van der Waals surface area contributed by atoms with Crippen molar-refractivity contribution >= 4 is 5.96 Å². The summed E-state index contributed by atoms with van der Waals surface area (Å²) in [5, 5.41) is 10.6. The highest BCUT2D eigenvalue weighted by Gasteiger charge is 2.11. The zero-order valence-corrected chi connectivity index (χ0v) is 19.0. The fraction of sp³-hybridized carbons (Fsp3) is 0.250. The zero-order chi connectivity index (χ0) is 23.0. The maximum absolute atomic E-state index is 5.20. The van der Waals surface area contributed by atoms with E-state index in [0.29, 0.717) is 24.7 Å². The third-order valence-electron chi connectivity index (χ3n) is 5.06. The molecule has 0 radical (unpaired) electrons. The molecule has 0 aliphatic heterocycles. The Morgan fingerprint density at radius 1 is 1.06 bits per heavy atom. The Hall–Kier alpha value is -4.14. The van der Waals surface area contributed by atoms with Crippen LogP contribution in [0.1, 0.15) is 18.6 Å². The quantitative estimate of drug-likeness (QED) is 0.284. The number of imidazole rings is 1. The van der Waals surface area contributed by atoms with Crippen LogP contribution in [-0.2, 0) is 13.1 Å². The van der Waals surface area contributed by atoms with Crippen molar-refractivity contribution in [3.63, 3.8) is 0 Å². The Labute approximate surface area is 193 Å². The van der Waals surface area contributed by atoms with E-state index in [1.54, 1.807) is 7.11 Å². The number of aromatic nitrogens is 5. The number of rotatable bonds is 8. The van der Waals surface area contributed by atoms with E-state index < -0.39 is 0 Å². The van der Waals surface area contributed by atoms with Crippen molar-refractivity contribution in [3.8, 4) is 28.4 Å². The van der Waals surface area contributed by atoms with E-state index in [9.17, 15) is 0 Å². The van der Waals surface area contributed by atoms with Gasteiger partial charge in [-0.1, -0.05) is 30.3 Å². The maximum atomic E-state index is 5.20. The first kappa shape index (κ1) is 22.1. The molecule has 0 saturated heterocycles. The number of hydrogen-bond acceptors (Lipinski definition) is 5. The van der Waals surface area contributed by atoms with Gasteiger partial charge in [-0.3, -0.25) is 5.10 Å². The molecule has 2 aromatic carbocycles. The molecule has 3 N–H and O–H groups in total. The van der Waals surface area contributed by atoms with E-state index in [0.717, 1.165) is 40.9 Å². The molecule has 9 nitrogen and oxygen atoms in total. The second-order valence-corrected chi connectivity index (χ2v) is 7.47. The normalized spacial score (nSPS) is 11.4. The van der Waals surface area contributed by atoms with E-state index in [4.69, 9.17) is 9.73 Å². The van der Waals surface area contributed by atoms with Crippen molar-refractivity contribution in [3.05, 3.63) is 72.4 Å². The monoisotopic (exact) mass is 444 g/mol. The minimum atomic E-state index is 0.378. The fourth-order valence-electron chi connectivity index (χ4n) is 3.36. The van der Waals surface area contributed by atoms with Gasteiger partial charge in [-0.15, -0.1) is 0 Å². The summed E-state index contributed by atoms with van der Waals surface area (Å²) in [5.74, 6) is 3.74. The summed E-state index contributed by atoms with van der Waals surface area (Å²) in [7, 11) is 3.63. The van der Waals surface area contributed by atoms with Crippen LogP contribution in [0, 0.1) is 0 Å². The van der Waals surface area contributed by atoms with E-state index in [1.807, 2.05) is 67.5 Å². The molecule has 0 saturated carbocycles. The first-order valence-corrected chi connectivity index (χ1v) is 10.8. The lowest BCUT2D eigenvalue weighted by Gasteiger charge is -2.20. The second kappa shape index (κ2) is 10.4. The number of ether oxygens (including phenoxy) is 1. The van der Waals surface area contributed by atoms with Gasteiger partial charge in [0, 0.05) is 19.2 Å². The molecule has 0 unspecified atom stereocenters. The van der Waals surface area contributed by atoms with E-state index in [2.05, 4.69) is 42.6 Å². The Morgan fingerprint density at radius 2 is 1.85 bits per heavy atom. The molecule has 4 rings (SSSR count). The van der Waals surface area contributed by atoms with Gasteiger partial charge in [0.15, 0.2) is 11.8 Å². The van der Waals surface area contributed by atoms with Gasteiger partial charge in [-0.05, 0) is 36.8 Å². The van der Waals surface area contributed by atoms with E-state index >= 15 is 0 Å². The van der Waals surface area contributed by atoms with Crippen molar-refractivity contribution in [2.45, 2.75) is 20.0 Å². The molecule has 0 aliphatic carbocycles. The molecule has 2 aromatic heterocycles. The van der Waals surface area contributed by atoms with Crippen molar-refractivity contribution in [2.75, 3.05) is 20.7 Å². The van der Waals surface area contributed by atoms with Crippen LogP contribution in [0.3, 0.4) is 0 Å². The Balaban J connectivity index is 1.42. The topological polar surface area (TPSA) is 107 Å². The highest BCUT2D eigenvalue weighted by Crippen LogP contribution is 2.19. The highest BCUT2D eigenvalue weighted by atomic mass is 16.5. The van der Waals surface area contributed by atoms with Gasteiger partial charge in [-0.2, -0.15) is 5.10 Å². The van der Waals surface area contributed by atoms with Gasteiger partial charge in [-0.25, -0.2) is 15.0 Å². The average molecular weight is 445 g/mol. The van der Waals surface area contributed by atoms with E-state index in [1.165, 1.54) is 0 Å². The van der Waals surface area contributed by atoms with Crippen LogP contribution in [0.2, 0.25) is 0 Å². The third-order valence-corrected chi connectivity index (χ3v) is 5.06. The predicted molar refractivity (Wildman–Crippen MR) is 129 cm³/mol. The van der Waals surface area contributed by atoms with Gasteiger partial charge in [0.1, 0.15) is 23.9 Å². The number of aromatic amines is 2. The molecule has 0 amide bonds. The Bertz CT molecular complexity index is 1180. The first-order valence-electron chi connectivity index (χ1n) is 10.8. The number of benzene rings is 2. The molecule has 0 spiro atoms.